The van der Waals surface area contributed by atoms with Crippen molar-refractivity contribution in [2.45, 2.75) is 33.1 Å². The van der Waals surface area contributed by atoms with Gasteiger partial charge in [-0.3, -0.25) is 4.90 Å². The Morgan fingerprint density at radius 1 is 0.742 bits per heavy atom. The molecule has 0 bridgehead atoms. The second-order valence-electron chi connectivity index (χ2n) is 8.04. The van der Waals surface area contributed by atoms with Crippen LogP contribution in [0.5, 0.6) is 5.75 Å². The number of aromatic nitrogens is 1. The maximum absolute atomic E-state index is 5.43. The van der Waals surface area contributed by atoms with Gasteiger partial charge in [-0.1, -0.05) is 66.7 Å². The van der Waals surface area contributed by atoms with Crippen LogP contribution in [-0.4, -0.2) is 16.6 Å². The fraction of sp³-hybridized carbons (Fsp3) is 0.214. The van der Waals surface area contributed by atoms with E-state index in [1.807, 2.05) is 6.07 Å². The molecule has 0 aliphatic heterocycles. The largest absolute Gasteiger partial charge is 0.497 e. The summed E-state index contributed by atoms with van der Waals surface area (Å²) >= 11 is 0. The fourth-order valence-electron chi connectivity index (χ4n) is 3.99. The molecule has 0 atom stereocenters. The van der Waals surface area contributed by atoms with Crippen molar-refractivity contribution in [2.24, 2.45) is 0 Å². The van der Waals surface area contributed by atoms with E-state index in [9.17, 15) is 0 Å². The molecule has 3 aromatic carbocycles. The van der Waals surface area contributed by atoms with Crippen LogP contribution in [0.2, 0.25) is 0 Å². The van der Waals surface area contributed by atoms with Crippen molar-refractivity contribution in [1.82, 2.24) is 9.47 Å². The third-order valence-corrected chi connectivity index (χ3v) is 5.70. The van der Waals surface area contributed by atoms with Crippen LogP contribution in [0.4, 0.5) is 0 Å². The first-order valence-corrected chi connectivity index (χ1v) is 10.8. The Morgan fingerprint density at radius 2 is 1.48 bits per heavy atom. The summed E-state index contributed by atoms with van der Waals surface area (Å²) in [4.78, 5) is 2.49. The minimum absolute atomic E-state index is 0.863. The molecule has 3 nitrogen and oxygen atoms in total. The van der Waals surface area contributed by atoms with Crippen LogP contribution in [0.1, 0.15) is 27.9 Å². The molecule has 1 aromatic heterocycles. The van der Waals surface area contributed by atoms with Gasteiger partial charge in [0.05, 0.1) is 7.11 Å². The SMILES string of the molecule is COc1cccc(CN(Cc2ccccc2)Cc2cccn2Cc2ccccc2C)c1. The van der Waals surface area contributed by atoms with Crippen LogP contribution in [0.25, 0.3) is 0 Å². The van der Waals surface area contributed by atoms with E-state index in [4.69, 9.17) is 4.74 Å². The highest BCUT2D eigenvalue weighted by molar-refractivity contribution is 5.29. The summed E-state index contributed by atoms with van der Waals surface area (Å²) in [5.74, 6) is 0.903. The molecule has 4 rings (SSSR count). The zero-order valence-corrected chi connectivity index (χ0v) is 18.4. The number of benzene rings is 3. The molecule has 0 saturated carbocycles. The quantitative estimate of drug-likeness (QED) is 0.334. The Morgan fingerprint density at radius 3 is 2.29 bits per heavy atom. The second kappa shape index (κ2) is 10.1. The number of hydrogen-bond acceptors (Lipinski definition) is 2. The molecule has 31 heavy (non-hydrogen) atoms. The second-order valence-corrected chi connectivity index (χ2v) is 8.04. The minimum atomic E-state index is 0.863. The Balaban J connectivity index is 1.56. The van der Waals surface area contributed by atoms with Gasteiger partial charge in [-0.25, -0.2) is 0 Å². The Labute approximate surface area is 185 Å². The van der Waals surface area contributed by atoms with Gasteiger partial charge in [0.15, 0.2) is 0 Å². The summed E-state index contributed by atoms with van der Waals surface area (Å²) in [6, 6.07) is 32.1. The van der Waals surface area contributed by atoms with E-state index in [1.54, 1.807) is 7.11 Å². The van der Waals surface area contributed by atoms with E-state index in [0.29, 0.717) is 0 Å². The highest BCUT2D eigenvalue weighted by Crippen LogP contribution is 2.19. The first-order chi connectivity index (χ1) is 15.2. The molecule has 0 unspecified atom stereocenters. The van der Waals surface area contributed by atoms with Gasteiger partial charge in [-0.15, -0.1) is 0 Å². The third-order valence-electron chi connectivity index (χ3n) is 5.70. The van der Waals surface area contributed by atoms with Crippen molar-refractivity contribution >= 4 is 0 Å². The lowest BCUT2D eigenvalue weighted by atomic mass is 10.1. The van der Waals surface area contributed by atoms with Gasteiger partial charge >= 0.3 is 0 Å². The van der Waals surface area contributed by atoms with Crippen LogP contribution in [-0.2, 0) is 26.2 Å². The van der Waals surface area contributed by atoms with Crippen molar-refractivity contribution in [3.8, 4) is 5.75 Å². The normalized spacial score (nSPS) is 11.1. The number of ether oxygens (including phenoxy) is 1. The summed E-state index contributed by atoms with van der Waals surface area (Å²) in [6.07, 6.45) is 2.19. The number of methoxy groups -OCH3 is 1. The number of nitrogens with zero attached hydrogens (tertiary/aromatic N) is 2. The van der Waals surface area contributed by atoms with E-state index in [1.165, 1.54) is 27.9 Å². The summed E-state index contributed by atoms with van der Waals surface area (Å²) in [7, 11) is 1.72. The molecule has 0 aliphatic carbocycles. The number of aryl methyl sites for hydroxylation is 1. The van der Waals surface area contributed by atoms with Crippen molar-refractivity contribution in [1.29, 1.82) is 0 Å². The first kappa shape index (κ1) is 21.0. The smallest absolute Gasteiger partial charge is 0.119 e. The summed E-state index contributed by atoms with van der Waals surface area (Å²) in [5.41, 5.74) is 6.60. The molecule has 4 aromatic rings. The predicted molar refractivity (Wildman–Crippen MR) is 127 cm³/mol. The standard InChI is InChI=1S/C28H30N2O/c1-23-10-6-7-14-26(23)21-30-17-9-15-27(30)22-29(19-24-11-4-3-5-12-24)20-25-13-8-16-28(18-25)31-2/h3-18H,19-22H2,1-2H3. The van der Waals surface area contributed by atoms with E-state index >= 15 is 0 Å². The molecule has 1 heterocycles. The summed E-state index contributed by atoms with van der Waals surface area (Å²) in [6.45, 7) is 5.72. The monoisotopic (exact) mass is 410 g/mol. The van der Waals surface area contributed by atoms with Gasteiger partial charge in [0.2, 0.25) is 0 Å². The highest BCUT2D eigenvalue weighted by Gasteiger charge is 2.12. The minimum Gasteiger partial charge on any atom is -0.497 e. The topological polar surface area (TPSA) is 17.4 Å². The lowest BCUT2D eigenvalue weighted by Gasteiger charge is -2.24. The van der Waals surface area contributed by atoms with Gasteiger partial charge in [0.1, 0.15) is 5.75 Å². The Hall–Kier alpha value is -3.30. The highest BCUT2D eigenvalue weighted by atomic mass is 16.5. The zero-order valence-electron chi connectivity index (χ0n) is 18.4. The molecular formula is C28H30N2O. The van der Waals surface area contributed by atoms with Gasteiger partial charge in [-0.2, -0.15) is 0 Å². The number of hydrogen-bond donors (Lipinski definition) is 0. The van der Waals surface area contributed by atoms with E-state index in [0.717, 1.165) is 31.9 Å². The van der Waals surface area contributed by atoms with Gasteiger partial charge in [-0.05, 0) is 53.4 Å². The Kier molecular flexibility index (Phi) is 6.85. The van der Waals surface area contributed by atoms with Gasteiger partial charge in [0, 0.05) is 38.1 Å². The van der Waals surface area contributed by atoms with E-state index in [2.05, 4.69) is 108 Å². The molecule has 0 N–H and O–H groups in total. The predicted octanol–water partition coefficient (Wildman–Crippen LogP) is 6.06. The molecule has 0 amide bonds. The van der Waals surface area contributed by atoms with Crippen molar-refractivity contribution in [3.63, 3.8) is 0 Å². The van der Waals surface area contributed by atoms with Crippen molar-refractivity contribution < 1.29 is 4.74 Å². The zero-order chi connectivity index (χ0) is 21.5. The molecular weight excluding hydrogens is 380 g/mol. The first-order valence-electron chi connectivity index (χ1n) is 10.8. The van der Waals surface area contributed by atoms with Gasteiger partial charge < -0.3 is 9.30 Å². The summed E-state index contributed by atoms with van der Waals surface area (Å²) < 4.78 is 7.80. The average Bonchev–Trinajstić information content (AvgIpc) is 3.22. The van der Waals surface area contributed by atoms with Crippen molar-refractivity contribution in [3.05, 3.63) is 125 Å². The van der Waals surface area contributed by atoms with Crippen LogP contribution in [0.3, 0.4) is 0 Å². The average molecular weight is 411 g/mol. The third kappa shape index (κ3) is 5.65. The lowest BCUT2D eigenvalue weighted by Crippen LogP contribution is -2.24. The van der Waals surface area contributed by atoms with Gasteiger partial charge in [0.25, 0.3) is 0 Å². The number of rotatable bonds is 9. The Bertz CT molecular complexity index is 1100. The fourth-order valence-corrected chi connectivity index (χ4v) is 3.99. The van der Waals surface area contributed by atoms with Crippen LogP contribution in [0, 0.1) is 6.92 Å². The van der Waals surface area contributed by atoms with E-state index in [-0.39, 0.29) is 0 Å². The van der Waals surface area contributed by atoms with Crippen LogP contribution < -0.4 is 4.74 Å². The molecule has 0 saturated heterocycles. The maximum atomic E-state index is 5.43. The molecule has 0 radical (unpaired) electrons. The molecule has 0 spiro atoms. The van der Waals surface area contributed by atoms with E-state index < -0.39 is 0 Å². The molecule has 3 heteroatoms. The van der Waals surface area contributed by atoms with Crippen LogP contribution >= 0.6 is 0 Å². The molecule has 0 aliphatic rings. The maximum Gasteiger partial charge on any atom is 0.119 e. The summed E-state index contributed by atoms with van der Waals surface area (Å²) in [5, 5.41) is 0. The van der Waals surface area contributed by atoms with Crippen LogP contribution in [0.15, 0.2) is 97.2 Å². The lowest BCUT2D eigenvalue weighted by molar-refractivity contribution is 0.241. The molecule has 0 fully saturated rings. The molecule has 158 valence electrons. The van der Waals surface area contributed by atoms with Crippen molar-refractivity contribution in [2.75, 3.05) is 7.11 Å².